The Morgan fingerprint density at radius 3 is 2.62 bits per heavy atom. The van der Waals surface area contributed by atoms with Crippen molar-refractivity contribution in [3.05, 3.63) is 40.4 Å². The average Bonchev–Trinajstić information content (AvgIpc) is 3.74. The zero-order valence-electron chi connectivity index (χ0n) is 27.1. The van der Waals surface area contributed by atoms with Gasteiger partial charge >= 0.3 is 16.4 Å². The molecule has 2 aromatic rings. The molecule has 2 amide bonds. The molecule has 0 radical (unpaired) electrons. The summed E-state index contributed by atoms with van der Waals surface area (Å²) >= 11 is 0.959. The van der Waals surface area contributed by atoms with Crippen molar-refractivity contribution in [3.63, 3.8) is 0 Å². The highest BCUT2D eigenvalue weighted by molar-refractivity contribution is 7.80. The van der Waals surface area contributed by atoms with Gasteiger partial charge in [0, 0.05) is 30.3 Å². The standard InChI is InChI=1S/C29H36N8O11S2/c1-26(2)20(23(39)37(26)48-50(42,43)44)34-22(38)19(16-9-49-25(32)33-16)36-47-27(3,24(40)41)18-7-5-14-8-15(4-6-17(14)46-18)21(31)35-28-10-29(11-28,12-30)45-13-28/h4,6,8-9,18,20H,5,7,10-13,30H2,1-3H3,(H2,31,35)(H2,32,33)(H,34,38)(H,40,41)(H,42,43,44)/b36-19-/t18-,20-,27?,28?,29?/m1/s1. The summed E-state index contributed by atoms with van der Waals surface area (Å²) in [4.78, 5) is 48.4. The highest BCUT2D eigenvalue weighted by Crippen LogP contribution is 2.51. The van der Waals surface area contributed by atoms with Crippen LogP contribution in [-0.4, -0.2) is 105 Å². The molecular weight excluding hydrogens is 700 g/mol. The zero-order valence-corrected chi connectivity index (χ0v) is 28.7. The predicted octanol–water partition coefficient (Wildman–Crippen LogP) is -0.302. The number of fused-ring (bicyclic) bond motifs is 2. The van der Waals surface area contributed by atoms with E-state index in [0.29, 0.717) is 35.9 Å². The molecule has 270 valence electrons. The number of nitrogens with one attached hydrogen (secondary N) is 3. The van der Waals surface area contributed by atoms with Crippen molar-refractivity contribution in [2.45, 2.75) is 80.9 Å². The van der Waals surface area contributed by atoms with Crippen molar-refractivity contribution in [1.29, 1.82) is 5.41 Å². The van der Waals surface area contributed by atoms with E-state index in [1.165, 1.54) is 26.2 Å². The van der Waals surface area contributed by atoms with Crippen LogP contribution in [0.3, 0.4) is 0 Å². The van der Waals surface area contributed by atoms with Crippen molar-refractivity contribution < 1.29 is 51.1 Å². The first-order chi connectivity index (χ1) is 23.3. The van der Waals surface area contributed by atoms with E-state index in [1.807, 2.05) is 0 Å². The van der Waals surface area contributed by atoms with Gasteiger partial charge in [-0.05, 0) is 57.4 Å². The molecular formula is C29H36N8O11S2. The van der Waals surface area contributed by atoms with E-state index in [1.54, 1.807) is 18.2 Å². The summed E-state index contributed by atoms with van der Waals surface area (Å²) in [7, 11) is -5.03. The Kier molecular flexibility index (Phi) is 8.59. The number of carboxylic acid groups (broad SMARTS) is 1. The third-order valence-electron chi connectivity index (χ3n) is 9.50. The number of aromatic nitrogens is 1. The minimum absolute atomic E-state index is 0.0525. The van der Waals surface area contributed by atoms with Crippen LogP contribution < -0.4 is 26.8 Å². The minimum Gasteiger partial charge on any atom is -0.485 e. The minimum atomic E-state index is -5.03. The molecule has 1 unspecified atom stereocenters. The lowest BCUT2D eigenvalue weighted by Gasteiger charge is -2.50. The topological polar surface area (TPSA) is 291 Å². The molecule has 3 saturated heterocycles. The van der Waals surface area contributed by atoms with E-state index in [2.05, 4.69) is 25.1 Å². The summed E-state index contributed by atoms with van der Waals surface area (Å²) in [5, 5.41) is 30.3. The predicted molar refractivity (Wildman–Crippen MR) is 175 cm³/mol. The van der Waals surface area contributed by atoms with Crippen LogP contribution in [-0.2, 0) is 45.1 Å². The van der Waals surface area contributed by atoms with Gasteiger partial charge in [-0.1, -0.05) is 5.16 Å². The van der Waals surface area contributed by atoms with Crippen molar-refractivity contribution in [3.8, 4) is 5.75 Å². The van der Waals surface area contributed by atoms with Gasteiger partial charge in [-0.2, -0.15) is 13.5 Å². The lowest BCUT2D eigenvalue weighted by Crippen LogP contribution is -2.76. The Labute approximate surface area is 289 Å². The summed E-state index contributed by atoms with van der Waals surface area (Å²) in [6, 6.07) is 3.80. The monoisotopic (exact) mass is 736 g/mol. The normalized spacial score (nSPS) is 27.9. The van der Waals surface area contributed by atoms with E-state index in [9.17, 15) is 27.9 Å². The summed E-state index contributed by atoms with van der Waals surface area (Å²) in [6.45, 7) is 4.86. The molecule has 21 heteroatoms. The molecule has 1 saturated carbocycles. The number of nitrogen functional groups attached to an aromatic ring is 1. The number of carboxylic acids is 1. The number of aryl methyl sites for hydroxylation is 1. The first kappa shape index (κ1) is 35.4. The first-order valence-electron chi connectivity index (χ1n) is 15.3. The first-order valence-corrected chi connectivity index (χ1v) is 17.6. The Morgan fingerprint density at radius 2 is 2.04 bits per heavy atom. The van der Waals surface area contributed by atoms with Gasteiger partial charge in [0.15, 0.2) is 16.9 Å². The van der Waals surface area contributed by atoms with Gasteiger partial charge in [-0.15, -0.1) is 15.6 Å². The third kappa shape index (κ3) is 6.24. The maximum Gasteiger partial charge on any atom is 0.418 e. The average molecular weight is 737 g/mol. The van der Waals surface area contributed by atoms with Gasteiger partial charge in [-0.3, -0.25) is 19.6 Å². The van der Waals surface area contributed by atoms with Gasteiger partial charge in [0.25, 0.3) is 17.4 Å². The van der Waals surface area contributed by atoms with Gasteiger partial charge in [0.1, 0.15) is 23.3 Å². The number of rotatable bonds is 12. The van der Waals surface area contributed by atoms with E-state index in [-0.39, 0.29) is 34.2 Å². The largest absolute Gasteiger partial charge is 0.485 e. The molecule has 0 spiro atoms. The van der Waals surface area contributed by atoms with Gasteiger partial charge < -0.3 is 41.5 Å². The number of ether oxygens (including phenoxy) is 2. The number of aliphatic carboxylic acids is 1. The zero-order chi connectivity index (χ0) is 36.4. The molecule has 2 bridgehead atoms. The molecule has 3 atom stereocenters. The molecule has 9 N–H and O–H groups in total. The smallest absolute Gasteiger partial charge is 0.418 e. The quantitative estimate of drug-likeness (QED) is 0.0484. The fourth-order valence-electron chi connectivity index (χ4n) is 6.67. The molecule has 50 heavy (non-hydrogen) atoms. The van der Waals surface area contributed by atoms with Gasteiger partial charge in [0.05, 0.1) is 23.3 Å². The van der Waals surface area contributed by atoms with Crippen molar-refractivity contribution >= 4 is 56.2 Å². The van der Waals surface area contributed by atoms with Crippen LogP contribution in [0.15, 0.2) is 28.7 Å². The summed E-state index contributed by atoms with van der Waals surface area (Å²) in [5.41, 5.74) is 8.14. The molecule has 1 aliphatic carbocycles. The number of hydrogen-bond acceptors (Lipinski definition) is 15. The second-order valence-electron chi connectivity index (χ2n) is 13.5. The number of nitrogens with zero attached hydrogens (tertiary/aromatic N) is 3. The number of oxime groups is 1. The van der Waals surface area contributed by atoms with Crippen LogP contribution in [0.4, 0.5) is 5.13 Å². The molecule has 5 aliphatic rings. The van der Waals surface area contributed by atoms with E-state index in [0.717, 1.165) is 29.7 Å². The van der Waals surface area contributed by atoms with Crippen LogP contribution in [0.5, 0.6) is 5.75 Å². The van der Waals surface area contributed by atoms with Crippen LogP contribution >= 0.6 is 11.3 Å². The van der Waals surface area contributed by atoms with Gasteiger partial charge in [-0.25, -0.2) is 9.78 Å². The number of β-lactam (4-membered cyclic amide) rings is 1. The number of anilines is 1. The highest BCUT2D eigenvalue weighted by atomic mass is 32.3. The number of hydroxylamine groups is 2. The highest BCUT2D eigenvalue weighted by Gasteiger charge is 2.62. The number of thiazole rings is 1. The Morgan fingerprint density at radius 1 is 1.32 bits per heavy atom. The maximum absolute atomic E-state index is 13.5. The third-order valence-corrected chi connectivity index (χ3v) is 10.5. The molecule has 5 heterocycles. The maximum atomic E-state index is 13.5. The van der Waals surface area contributed by atoms with Crippen molar-refractivity contribution in [2.75, 3.05) is 18.9 Å². The molecule has 4 aliphatic heterocycles. The number of amidine groups is 1. The van der Waals surface area contributed by atoms with E-state index >= 15 is 0 Å². The van der Waals surface area contributed by atoms with Crippen LogP contribution in [0.25, 0.3) is 0 Å². The Bertz CT molecular complexity index is 1910. The number of amides is 2. The van der Waals surface area contributed by atoms with Crippen molar-refractivity contribution in [2.24, 2.45) is 10.9 Å². The summed E-state index contributed by atoms with van der Waals surface area (Å²) in [6.07, 6.45) is 0.915. The van der Waals surface area contributed by atoms with Crippen LogP contribution in [0, 0.1) is 5.41 Å². The molecule has 1 aromatic heterocycles. The Balaban J connectivity index is 1.17. The molecule has 19 nitrogen and oxygen atoms in total. The number of hydrogen-bond donors (Lipinski definition) is 7. The van der Waals surface area contributed by atoms with Crippen molar-refractivity contribution in [1.82, 2.24) is 20.7 Å². The summed E-state index contributed by atoms with van der Waals surface area (Å²) in [5.74, 6) is -2.87. The number of carbonyl (C=O) groups is 3. The van der Waals surface area contributed by atoms with E-state index < -0.39 is 57.2 Å². The Hall–Kier alpha value is -4.41. The summed E-state index contributed by atoms with van der Waals surface area (Å²) < 4.78 is 47.6. The van der Waals surface area contributed by atoms with Crippen LogP contribution in [0.2, 0.25) is 0 Å². The number of carbonyl (C=O) groups excluding carboxylic acids is 2. The van der Waals surface area contributed by atoms with Crippen LogP contribution in [0.1, 0.15) is 56.9 Å². The molecule has 7 rings (SSSR count). The number of nitrogens with two attached hydrogens (primary N) is 2. The van der Waals surface area contributed by atoms with E-state index in [4.69, 9.17) is 35.7 Å². The molecule has 1 aromatic carbocycles. The van der Waals surface area contributed by atoms with Gasteiger partial charge in [0.2, 0.25) is 0 Å². The second kappa shape index (κ2) is 12.1. The second-order valence-corrected chi connectivity index (χ2v) is 15.4. The lowest BCUT2D eigenvalue weighted by atomic mass is 9.68. The fraction of sp³-hybridized carbons (Fsp3) is 0.517. The lowest BCUT2D eigenvalue weighted by molar-refractivity contribution is -0.218. The number of benzene rings is 1. The molecule has 4 fully saturated rings. The fourth-order valence-corrected chi connectivity index (χ4v) is 7.67. The SMILES string of the molecule is CC(O/N=C(\C(=O)N[C@@H]1C(=O)N(OS(=O)(=O)O)C1(C)C)c1csc(N)n1)(C(=O)O)[C@H]1CCc2cc(C(=N)NC34COC(CN)(C3)C4)ccc2O1.